The van der Waals surface area contributed by atoms with Gasteiger partial charge in [0, 0.05) is 26.0 Å². The lowest BCUT2D eigenvalue weighted by molar-refractivity contribution is -0.137. The van der Waals surface area contributed by atoms with Crippen LogP contribution in [0.4, 0.5) is 4.79 Å². The van der Waals surface area contributed by atoms with Crippen molar-refractivity contribution in [1.29, 1.82) is 0 Å². The molecule has 182 valence electrons. The number of carbonyl (C=O) groups excluding carboxylic acids is 2. The van der Waals surface area contributed by atoms with Crippen LogP contribution in [0.1, 0.15) is 43.2 Å². The molecule has 34 heavy (non-hydrogen) atoms. The summed E-state index contributed by atoms with van der Waals surface area (Å²) in [6.45, 7) is 2.48. The molecular formula is C26H32N2O6. The molecule has 3 N–H and O–H groups in total. The van der Waals surface area contributed by atoms with Crippen LogP contribution in [0.2, 0.25) is 0 Å². The quantitative estimate of drug-likeness (QED) is 0.439. The average molecular weight is 469 g/mol. The van der Waals surface area contributed by atoms with Crippen molar-refractivity contribution in [2.24, 2.45) is 5.92 Å². The fourth-order valence-electron chi connectivity index (χ4n) is 4.21. The molecule has 3 rings (SSSR count). The number of benzene rings is 2. The number of fused-ring (bicyclic) bond motifs is 3. The van der Waals surface area contributed by atoms with E-state index in [1.807, 2.05) is 43.3 Å². The van der Waals surface area contributed by atoms with Crippen LogP contribution in [0.3, 0.4) is 0 Å². The van der Waals surface area contributed by atoms with Crippen molar-refractivity contribution in [3.63, 3.8) is 0 Å². The van der Waals surface area contributed by atoms with E-state index in [0.29, 0.717) is 19.4 Å². The summed E-state index contributed by atoms with van der Waals surface area (Å²) >= 11 is 0. The summed E-state index contributed by atoms with van der Waals surface area (Å²) < 4.78 is 10.6. The molecule has 2 aromatic carbocycles. The Hall–Kier alpha value is -3.39. The van der Waals surface area contributed by atoms with E-state index >= 15 is 0 Å². The predicted molar refractivity (Wildman–Crippen MR) is 128 cm³/mol. The predicted octanol–water partition coefficient (Wildman–Crippen LogP) is 3.55. The van der Waals surface area contributed by atoms with Gasteiger partial charge in [0.25, 0.3) is 0 Å². The second kappa shape index (κ2) is 12.2. The molecular weight excluding hydrogens is 436 g/mol. The molecule has 0 bridgehead atoms. The first kappa shape index (κ1) is 25.2. The summed E-state index contributed by atoms with van der Waals surface area (Å²) in [4.78, 5) is 35.7. The highest BCUT2D eigenvalue weighted by molar-refractivity contribution is 5.86. The molecule has 2 amide bonds. The minimum absolute atomic E-state index is 0.00456. The number of ether oxygens (including phenoxy) is 2. The molecule has 1 aliphatic rings. The maximum atomic E-state index is 12.5. The van der Waals surface area contributed by atoms with E-state index in [-0.39, 0.29) is 37.4 Å². The van der Waals surface area contributed by atoms with Crippen LogP contribution in [-0.2, 0) is 19.1 Å². The van der Waals surface area contributed by atoms with Crippen molar-refractivity contribution < 1.29 is 29.0 Å². The Kier molecular flexibility index (Phi) is 9.04. The number of carboxylic acid groups (broad SMARTS) is 1. The maximum Gasteiger partial charge on any atom is 0.407 e. The van der Waals surface area contributed by atoms with Crippen molar-refractivity contribution >= 4 is 18.0 Å². The average Bonchev–Trinajstić information content (AvgIpc) is 3.15. The molecule has 2 unspecified atom stereocenters. The largest absolute Gasteiger partial charge is 0.481 e. The highest BCUT2D eigenvalue weighted by Crippen LogP contribution is 2.44. The smallest absolute Gasteiger partial charge is 0.407 e. The second-order valence-electron chi connectivity index (χ2n) is 8.60. The minimum atomic E-state index is -0.894. The molecule has 1 aliphatic carbocycles. The van der Waals surface area contributed by atoms with Gasteiger partial charge in [0.2, 0.25) is 5.91 Å². The van der Waals surface area contributed by atoms with Gasteiger partial charge in [-0.15, -0.1) is 0 Å². The Morgan fingerprint density at radius 1 is 1.00 bits per heavy atom. The first-order chi connectivity index (χ1) is 16.4. The number of methoxy groups -OCH3 is 1. The number of rotatable bonds is 12. The van der Waals surface area contributed by atoms with Gasteiger partial charge in [0.05, 0.1) is 6.61 Å². The van der Waals surface area contributed by atoms with E-state index in [9.17, 15) is 14.4 Å². The van der Waals surface area contributed by atoms with Gasteiger partial charge in [0.1, 0.15) is 12.6 Å². The fourth-order valence-corrected chi connectivity index (χ4v) is 4.21. The number of hydrogen-bond acceptors (Lipinski definition) is 5. The number of carbonyl (C=O) groups is 3. The van der Waals surface area contributed by atoms with E-state index in [1.54, 1.807) is 0 Å². The van der Waals surface area contributed by atoms with Gasteiger partial charge in [-0.25, -0.2) is 4.79 Å². The molecule has 0 heterocycles. The minimum Gasteiger partial charge on any atom is -0.481 e. The first-order valence-electron chi connectivity index (χ1n) is 11.5. The van der Waals surface area contributed by atoms with Gasteiger partial charge in [-0.1, -0.05) is 55.5 Å². The van der Waals surface area contributed by atoms with E-state index < -0.39 is 18.1 Å². The lowest BCUT2D eigenvalue weighted by Gasteiger charge is -2.19. The van der Waals surface area contributed by atoms with Crippen LogP contribution >= 0.6 is 0 Å². The fraction of sp³-hybridized carbons (Fsp3) is 0.423. The zero-order valence-electron chi connectivity index (χ0n) is 19.6. The van der Waals surface area contributed by atoms with Crippen LogP contribution in [0.5, 0.6) is 0 Å². The van der Waals surface area contributed by atoms with Gasteiger partial charge in [-0.3, -0.25) is 9.59 Å². The SMILES string of the molecule is COCC(NC(=O)OCC1c2ccccc2-c2ccccc21)C(=O)NCCC(C)CCC(=O)O. The molecule has 0 aliphatic heterocycles. The van der Waals surface area contributed by atoms with Crippen LogP contribution in [-0.4, -0.2) is 56.0 Å². The second-order valence-corrected chi connectivity index (χ2v) is 8.60. The standard InChI is InChI=1S/C26H32N2O6/c1-17(11-12-24(29)30)13-14-27-25(31)23(16-33-2)28-26(32)34-15-22-20-9-5-3-7-18(20)19-8-4-6-10-21(19)22/h3-10,17,22-23H,11-16H2,1-2H3,(H,27,31)(H,28,32)(H,29,30). The molecule has 2 atom stereocenters. The third-order valence-corrected chi connectivity index (χ3v) is 6.07. The van der Waals surface area contributed by atoms with E-state index in [2.05, 4.69) is 22.8 Å². The summed E-state index contributed by atoms with van der Waals surface area (Å²) in [7, 11) is 1.45. The Balaban J connectivity index is 1.51. The Labute approximate surface area is 199 Å². The monoisotopic (exact) mass is 468 g/mol. The molecule has 0 aromatic heterocycles. The Morgan fingerprint density at radius 2 is 1.62 bits per heavy atom. The number of carboxylic acids is 1. The number of nitrogens with one attached hydrogen (secondary N) is 2. The van der Waals surface area contributed by atoms with Crippen LogP contribution < -0.4 is 10.6 Å². The molecule has 0 spiro atoms. The molecule has 8 nitrogen and oxygen atoms in total. The van der Waals surface area contributed by atoms with Crippen LogP contribution in [0.15, 0.2) is 48.5 Å². The third kappa shape index (κ3) is 6.57. The lowest BCUT2D eigenvalue weighted by Crippen LogP contribution is -2.49. The van der Waals surface area contributed by atoms with Crippen LogP contribution in [0.25, 0.3) is 11.1 Å². The topological polar surface area (TPSA) is 114 Å². The summed E-state index contributed by atoms with van der Waals surface area (Å²) in [5, 5.41) is 14.1. The normalized spacial score (nSPS) is 13.9. The number of amides is 2. The lowest BCUT2D eigenvalue weighted by atomic mass is 9.98. The van der Waals surface area contributed by atoms with E-state index in [4.69, 9.17) is 14.6 Å². The van der Waals surface area contributed by atoms with Gasteiger partial charge in [-0.05, 0) is 41.0 Å². The Bertz CT molecular complexity index is 963. The van der Waals surface area contributed by atoms with E-state index in [0.717, 1.165) is 22.3 Å². The zero-order valence-corrected chi connectivity index (χ0v) is 19.6. The number of hydrogen-bond donors (Lipinski definition) is 3. The third-order valence-electron chi connectivity index (χ3n) is 6.07. The van der Waals surface area contributed by atoms with Gasteiger partial charge >= 0.3 is 12.1 Å². The van der Waals surface area contributed by atoms with Crippen molar-refractivity contribution in [3.05, 3.63) is 59.7 Å². The summed E-state index contributed by atoms with van der Waals surface area (Å²) in [6.07, 6.45) is 0.605. The zero-order chi connectivity index (χ0) is 24.5. The summed E-state index contributed by atoms with van der Waals surface area (Å²) in [5.74, 6) is -1.11. The molecule has 0 saturated carbocycles. The van der Waals surface area contributed by atoms with E-state index in [1.165, 1.54) is 7.11 Å². The number of alkyl carbamates (subject to hydrolysis) is 1. The molecule has 0 saturated heterocycles. The molecule has 0 fully saturated rings. The van der Waals surface area contributed by atoms with Gasteiger partial charge < -0.3 is 25.2 Å². The van der Waals surface area contributed by atoms with Crippen molar-refractivity contribution in [1.82, 2.24) is 10.6 Å². The van der Waals surface area contributed by atoms with Crippen molar-refractivity contribution in [3.8, 4) is 11.1 Å². The van der Waals surface area contributed by atoms with Gasteiger partial charge in [0.15, 0.2) is 0 Å². The maximum absolute atomic E-state index is 12.5. The molecule has 0 radical (unpaired) electrons. The molecule has 2 aromatic rings. The highest BCUT2D eigenvalue weighted by Gasteiger charge is 2.29. The summed E-state index contributed by atoms with van der Waals surface area (Å²) in [6, 6.07) is 15.2. The highest BCUT2D eigenvalue weighted by atomic mass is 16.5. The number of aliphatic carboxylic acids is 1. The van der Waals surface area contributed by atoms with Crippen molar-refractivity contribution in [2.75, 3.05) is 26.9 Å². The summed E-state index contributed by atoms with van der Waals surface area (Å²) in [5.41, 5.74) is 4.50. The van der Waals surface area contributed by atoms with Crippen LogP contribution in [0, 0.1) is 5.92 Å². The Morgan fingerprint density at radius 3 is 2.21 bits per heavy atom. The molecule has 8 heteroatoms. The van der Waals surface area contributed by atoms with Gasteiger partial charge in [-0.2, -0.15) is 0 Å². The first-order valence-corrected chi connectivity index (χ1v) is 11.5. The van der Waals surface area contributed by atoms with Crippen molar-refractivity contribution in [2.45, 2.75) is 38.1 Å².